The Balaban J connectivity index is 2.01. The van der Waals surface area contributed by atoms with E-state index in [1.165, 1.54) is 6.40 Å². The Morgan fingerprint density at radius 2 is 2.18 bits per heavy atom. The van der Waals surface area contributed by atoms with Gasteiger partial charge in [0.05, 0.1) is 6.54 Å². The number of rotatable bonds is 0. The van der Waals surface area contributed by atoms with Crippen molar-refractivity contribution < 1.29 is 9.53 Å². The van der Waals surface area contributed by atoms with E-state index >= 15 is 0 Å². The third-order valence-corrected chi connectivity index (χ3v) is 2.48. The molecule has 0 saturated heterocycles. The van der Waals surface area contributed by atoms with Crippen molar-refractivity contribution in [3.63, 3.8) is 0 Å². The fraction of sp³-hybridized carbons (Fsp3) is 0.750. The van der Waals surface area contributed by atoms with Crippen LogP contribution in [-0.4, -0.2) is 24.3 Å². The van der Waals surface area contributed by atoms with Crippen molar-refractivity contribution in [2.45, 2.75) is 31.3 Å². The molecule has 0 atom stereocenters. The monoisotopic (exact) mass is 153 g/mol. The van der Waals surface area contributed by atoms with Crippen LogP contribution >= 0.6 is 0 Å². The van der Waals surface area contributed by atoms with E-state index in [4.69, 9.17) is 4.74 Å². The van der Waals surface area contributed by atoms with Crippen molar-refractivity contribution in [1.82, 2.24) is 0 Å². The molecule has 3 heteroatoms. The first-order valence-corrected chi connectivity index (χ1v) is 3.99. The van der Waals surface area contributed by atoms with Gasteiger partial charge in [0.15, 0.2) is 6.40 Å². The predicted octanol–water partition coefficient (Wildman–Crippen LogP) is 0.927. The minimum absolute atomic E-state index is 0.0894. The van der Waals surface area contributed by atoms with Gasteiger partial charge in [-0.2, -0.15) is 0 Å². The Bertz CT molecular complexity index is 190. The molecule has 0 aromatic heterocycles. The molecule has 60 valence electrons. The van der Waals surface area contributed by atoms with E-state index in [2.05, 4.69) is 4.99 Å². The van der Waals surface area contributed by atoms with Crippen LogP contribution in [0, 0.1) is 0 Å². The number of hydrogen-bond donors (Lipinski definition) is 0. The maximum atomic E-state index is 10.9. The van der Waals surface area contributed by atoms with E-state index in [0.29, 0.717) is 18.6 Å². The Kier molecular flexibility index (Phi) is 1.44. The van der Waals surface area contributed by atoms with Crippen LogP contribution in [0.25, 0.3) is 0 Å². The average Bonchev–Trinajstić information content (AvgIpc) is 2.45. The summed E-state index contributed by atoms with van der Waals surface area (Å²) >= 11 is 0. The van der Waals surface area contributed by atoms with Crippen molar-refractivity contribution in [2.24, 2.45) is 4.99 Å². The van der Waals surface area contributed by atoms with Gasteiger partial charge in [-0.15, -0.1) is 0 Å². The van der Waals surface area contributed by atoms with Gasteiger partial charge in [-0.25, -0.2) is 0 Å². The molecule has 2 rings (SSSR count). The van der Waals surface area contributed by atoms with Crippen molar-refractivity contribution in [2.75, 3.05) is 6.54 Å². The number of carbonyl (C=O) groups excluding carboxylic acids is 1. The fourth-order valence-electron chi connectivity index (χ4n) is 1.65. The topological polar surface area (TPSA) is 38.7 Å². The molecular formula is C8H11NO2. The molecular weight excluding hydrogens is 142 g/mol. The number of ether oxygens (including phenoxy) is 1. The van der Waals surface area contributed by atoms with Crippen LogP contribution in [0.15, 0.2) is 4.99 Å². The Hall–Kier alpha value is -0.860. The molecule has 2 aliphatic rings. The predicted molar refractivity (Wildman–Crippen MR) is 40.7 cm³/mol. The molecule has 0 aromatic rings. The first-order chi connectivity index (χ1) is 5.31. The van der Waals surface area contributed by atoms with Gasteiger partial charge >= 0.3 is 0 Å². The highest BCUT2D eigenvalue weighted by Gasteiger charge is 2.37. The summed E-state index contributed by atoms with van der Waals surface area (Å²) in [4.78, 5) is 14.9. The lowest BCUT2D eigenvalue weighted by Gasteiger charge is -2.30. The first-order valence-electron chi connectivity index (χ1n) is 3.99. The zero-order chi connectivity index (χ0) is 7.73. The first kappa shape index (κ1) is 6.83. The Morgan fingerprint density at radius 1 is 1.45 bits per heavy atom. The van der Waals surface area contributed by atoms with E-state index in [9.17, 15) is 4.79 Å². The van der Waals surface area contributed by atoms with Crippen molar-refractivity contribution >= 4 is 12.2 Å². The van der Waals surface area contributed by atoms with Gasteiger partial charge in [-0.05, 0) is 12.8 Å². The molecule has 1 heterocycles. The average molecular weight is 153 g/mol. The molecule has 1 spiro atoms. The highest BCUT2D eigenvalue weighted by molar-refractivity contribution is 5.79. The standard InChI is InChI=1S/C8H11NO2/c10-7-1-3-8(4-2-7)5-9-6-11-8/h6H,1-5H2. The molecule has 0 radical (unpaired) electrons. The molecule has 0 aromatic carbocycles. The van der Waals surface area contributed by atoms with Crippen LogP contribution in [0.2, 0.25) is 0 Å². The van der Waals surface area contributed by atoms with Crippen LogP contribution < -0.4 is 0 Å². The Morgan fingerprint density at radius 3 is 2.73 bits per heavy atom. The lowest BCUT2D eigenvalue weighted by atomic mass is 9.84. The second-order valence-corrected chi connectivity index (χ2v) is 3.29. The molecule has 0 bridgehead atoms. The van der Waals surface area contributed by atoms with Crippen LogP contribution in [0.5, 0.6) is 0 Å². The molecule has 1 fully saturated rings. The van der Waals surface area contributed by atoms with Crippen molar-refractivity contribution in [1.29, 1.82) is 0 Å². The zero-order valence-electron chi connectivity index (χ0n) is 6.38. The molecule has 0 amide bonds. The third kappa shape index (κ3) is 1.15. The lowest BCUT2D eigenvalue weighted by molar-refractivity contribution is -0.123. The van der Waals surface area contributed by atoms with Crippen LogP contribution in [-0.2, 0) is 9.53 Å². The molecule has 0 unspecified atom stereocenters. The summed E-state index contributed by atoms with van der Waals surface area (Å²) in [6, 6.07) is 0. The number of nitrogens with zero attached hydrogens (tertiary/aromatic N) is 1. The molecule has 1 saturated carbocycles. The van der Waals surface area contributed by atoms with E-state index in [1.807, 2.05) is 0 Å². The quantitative estimate of drug-likeness (QED) is 0.519. The number of Topliss-reactive ketones (excluding diaryl/α,β-unsaturated/α-hetero) is 1. The molecule has 1 aliphatic carbocycles. The fourth-order valence-corrected chi connectivity index (χ4v) is 1.65. The number of hydrogen-bond acceptors (Lipinski definition) is 3. The summed E-state index contributed by atoms with van der Waals surface area (Å²) in [7, 11) is 0. The van der Waals surface area contributed by atoms with Gasteiger partial charge in [0.2, 0.25) is 0 Å². The van der Waals surface area contributed by atoms with Gasteiger partial charge in [0.1, 0.15) is 11.4 Å². The van der Waals surface area contributed by atoms with E-state index in [-0.39, 0.29) is 5.60 Å². The molecule has 11 heavy (non-hydrogen) atoms. The van der Waals surface area contributed by atoms with E-state index in [0.717, 1.165) is 19.4 Å². The summed E-state index contributed by atoms with van der Waals surface area (Å²) in [6.45, 7) is 0.750. The van der Waals surface area contributed by atoms with Crippen LogP contribution in [0.4, 0.5) is 0 Å². The summed E-state index contributed by atoms with van der Waals surface area (Å²) in [6.07, 6.45) is 4.57. The normalized spacial score (nSPS) is 27.5. The number of aliphatic imine (C=N–C) groups is 1. The summed E-state index contributed by atoms with van der Waals surface area (Å²) in [5.74, 6) is 0.367. The minimum Gasteiger partial charge on any atom is -0.475 e. The van der Waals surface area contributed by atoms with Crippen LogP contribution in [0.3, 0.4) is 0 Å². The SMILES string of the molecule is O=C1CCC2(CC1)CN=CO2. The smallest absolute Gasteiger partial charge is 0.170 e. The minimum atomic E-state index is -0.0894. The maximum absolute atomic E-state index is 10.9. The van der Waals surface area contributed by atoms with Gasteiger partial charge < -0.3 is 4.74 Å². The molecule has 3 nitrogen and oxygen atoms in total. The van der Waals surface area contributed by atoms with E-state index < -0.39 is 0 Å². The zero-order valence-corrected chi connectivity index (χ0v) is 6.38. The van der Waals surface area contributed by atoms with Gasteiger partial charge in [0.25, 0.3) is 0 Å². The summed E-state index contributed by atoms with van der Waals surface area (Å²) in [5, 5.41) is 0. The number of carbonyl (C=O) groups is 1. The second-order valence-electron chi connectivity index (χ2n) is 3.29. The molecule has 0 N–H and O–H groups in total. The van der Waals surface area contributed by atoms with E-state index in [1.54, 1.807) is 0 Å². The van der Waals surface area contributed by atoms with Gasteiger partial charge in [0, 0.05) is 12.8 Å². The number of ketones is 1. The van der Waals surface area contributed by atoms with Crippen molar-refractivity contribution in [3.8, 4) is 0 Å². The largest absolute Gasteiger partial charge is 0.475 e. The third-order valence-electron chi connectivity index (χ3n) is 2.48. The summed E-state index contributed by atoms with van der Waals surface area (Å²) in [5.41, 5.74) is -0.0894. The highest BCUT2D eigenvalue weighted by atomic mass is 16.5. The maximum Gasteiger partial charge on any atom is 0.170 e. The van der Waals surface area contributed by atoms with Gasteiger partial charge in [-0.3, -0.25) is 9.79 Å². The highest BCUT2D eigenvalue weighted by Crippen LogP contribution is 2.31. The van der Waals surface area contributed by atoms with Crippen LogP contribution in [0.1, 0.15) is 25.7 Å². The van der Waals surface area contributed by atoms with Crippen molar-refractivity contribution in [3.05, 3.63) is 0 Å². The second kappa shape index (κ2) is 2.32. The molecule has 1 aliphatic heterocycles. The lowest BCUT2D eigenvalue weighted by Crippen LogP contribution is -2.36. The van der Waals surface area contributed by atoms with Gasteiger partial charge in [-0.1, -0.05) is 0 Å². The summed E-state index contributed by atoms with van der Waals surface area (Å²) < 4.78 is 5.39. The Labute approximate surface area is 65.5 Å².